The van der Waals surface area contributed by atoms with Gasteiger partial charge in [0.05, 0.1) is 12.5 Å². The topological polar surface area (TPSA) is 119 Å². The minimum absolute atomic E-state index is 0.0910. The highest BCUT2D eigenvalue weighted by Gasteiger charge is 2.49. The summed E-state index contributed by atoms with van der Waals surface area (Å²) in [6.07, 6.45) is 7.66. The van der Waals surface area contributed by atoms with Gasteiger partial charge < -0.3 is 10.2 Å². The fraction of sp³-hybridized carbons (Fsp3) is 0.810. The van der Waals surface area contributed by atoms with Crippen molar-refractivity contribution in [3.05, 3.63) is 0 Å². The third-order valence-corrected chi connectivity index (χ3v) is 6.70. The molecule has 0 unspecified atom stereocenters. The van der Waals surface area contributed by atoms with Crippen molar-refractivity contribution in [1.82, 2.24) is 20.6 Å². The first-order valence-electron chi connectivity index (χ1n) is 11.0. The van der Waals surface area contributed by atoms with Gasteiger partial charge in [0.15, 0.2) is 0 Å². The third-order valence-electron chi connectivity index (χ3n) is 6.70. The first kappa shape index (κ1) is 22.5. The minimum Gasteiger partial charge on any atom is -0.335 e. The van der Waals surface area contributed by atoms with E-state index in [-0.39, 0.29) is 18.5 Å². The van der Waals surface area contributed by atoms with E-state index >= 15 is 0 Å². The Labute approximate surface area is 177 Å². The van der Waals surface area contributed by atoms with Crippen molar-refractivity contribution in [2.45, 2.75) is 77.3 Å². The van der Waals surface area contributed by atoms with Gasteiger partial charge in [0.2, 0.25) is 12.3 Å². The monoisotopic (exact) mass is 422 g/mol. The Hall–Kier alpha value is -2.16. The molecule has 5 amide bonds. The Morgan fingerprint density at radius 3 is 2.47 bits per heavy atom. The summed E-state index contributed by atoms with van der Waals surface area (Å²) in [6.45, 7) is 4.15. The van der Waals surface area contributed by atoms with Gasteiger partial charge >= 0.3 is 6.03 Å². The molecule has 30 heavy (non-hydrogen) atoms. The van der Waals surface area contributed by atoms with Crippen LogP contribution in [0.1, 0.15) is 65.2 Å². The number of likely N-dealkylation sites (tertiary alicyclic amines) is 1. The number of amides is 5. The van der Waals surface area contributed by atoms with Crippen molar-refractivity contribution < 1.29 is 24.4 Å². The van der Waals surface area contributed by atoms with Crippen molar-refractivity contribution in [2.24, 2.45) is 17.3 Å². The SMILES string of the molecule is CC1(C)CCN(C(=O)[C@H](CC2CCCC2)CN(O)C=O)[C@@H]1C(=O)NC(=O)NC1CC1. The van der Waals surface area contributed by atoms with Crippen LogP contribution in [0, 0.1) is 17.3 Å². The number of nitrogens with one attached hydrogen (secondary N) is 2. The van der Waals surface area contributed by atoms with Crippen LogP contribution in [0.4, 0.5) is 4.79 Å². The quantitative estimate of drug-likeness (QED) is 0.312. The number of carbonyl (C=O) groups excluding carboxylic acids is 4. The van der Waals surface area contributed by atoms with Crippen LogP contribution in [0.2, 0.25) is 0 Å². The van der Waals surface area contributed by atoms with Gasteiger partial charge in [-0.1, -0.05) is 39.5 Å². The molecule has 0 radical (unpaired) electrons. The first-order valence-corrected chi connectivity index (χ1v) is 11.0. The van der Waals surface area contributed by atoms with E-state index in [1.54, 1.807) is 0 Å². The Balaban J connectivity index is 1.72. The highest BCUT2D eigenvalue weighted by atomic mass is 16.5. The molecule has 3 rings (SSSR count). The van der Waals surface area contributed by atoms with Crippen LogP contribution >= 0.6 is 0 Å². The lowest BCUT2D eigenvalue weighted by Gasteiger charge is -2.34. The number of rotatable bonds is 8. The molecule has 168 valence electrons. The van der Waals surface area contributed by atoms with E-state index in [4.69, 9.17) is 0 Å². The summed E-state index contributed by atoms with van der Waals surface area (Å²) in [4.78, 5) is 51.0. The number of hydrogen-bond acceptors (Lipinski definition) is 5. The van der Waals surface area contributed by atoms with Crippen LogP contribution in [-0.2, 0) is 14.4 Å². The van der Waals surface area contributed by atoms with E-state index in [0.717, 1.165) is 38.5 Å². The lowest BCUT2D eigenvalue weighted by atomic mass is 9.83. The zero-order valence-electron chi connectivity index (χ0n) is 17.9. The normalized spacial score (nSPS) is 24.4. The van der Waals surface area contributed by atoms with Gasteiger partial charge in [0.1, 0.15) is 6.04 Å². The maximum atomic E-state index is 13.5. The molecule has 0 aromatic heterocycles. The van der Waals surface area contributed by atoms with Crippen LogP contribution < -0.4 is 10.6 Å². The van der Waals surface area contributed by atoms with Crippen molar-refractivity contribution in [2.75, 3.05) is 13.1 Å². The van der Waals surface area contributed by atoms with Crippen molar-refractivity contribution >= 4 is 24.3 Å². The third kappa shape index (κ3) is 5.50. The summed E-state index contributed by atoms with van der Waals surface area (Å²) in [6, 6.07) is -1.17. The first-order chi connectivity index (χ1) is 14.2. The number of imide groups is 1. The Morgan fingerprint density at radius 1 is 1.20 bits per heavy atom. The van der Waals surface area contributed by atoms with E-state index in [1.165, 1.54) is 4.90 Å². The molecule has 1 heterocycles. The summed E-state index contributed by atoms with van der Waals surface area (Å²) < 4.78 is 0. The largest absolute Gasteiger partial charge is 0.335 e. The number of nitrogens with zero attached hydrogens (tertiary/aromatic N) is 2. The standard InChI is InChI=1S/C21H34N4O5/c1-21(2)9-10-25(17(21)18(27)23-20(29)22-16-7-8-16)19(28)15(12-24(30)13-26)11-14-5-3-4-6-14/h13-17,30H,3-12H2,1-2H3,(H2,22,23,27,29)/t15-,17-/m1/s1. The molecule has 0 aromatic carbocycles. The molecule has 2 atom stereocenters. The summed E-state index contributed by atoms with van der Waals surface area (Å²) in [5.74, 6) is -0.921. The molecule has 0 bridgehead atoms. The van der Waals surface area contributed by atoms with Gasteiger partial charge in [0.25, 0.3) is 5.91 Å². The molecule has 0 aromatic rings. The lowest BCUT2D eigenvalue weighted by Crippen LogP contribution is -2.55. The highest BCUT2D eigenvalue weighted by Crippen LogP contribution is 2.38. The molecule has 2 saturated carbocycles. The number of hydrogen-bond donors (Lipinski definition) is 3. The summed E-state index contributed by atoms with van der Waals surface area (Å²) in [7, 11) is 0. The van der Waals surface area contributed by atoms with Crippen molar-refractivity contribution in [1.29, 1.82) is 0 Å². The fourth-order valence-corrected chi connectivity index (χ4v) is 4.86. The van der Waals surface area contributed by atoms with Crippen LogP contribution in [0.5, 0.6) is 0 Å². The Bertz CT molecular complexity index is 672. The van der Waals surface area contributed by atoms with Crippen LogP contribution in [0.25, 0.3) is 0 Å². The molecule has 1 saturated heterocycles. The van der Waals surface area contributed by atoms with Gasteiger partial charge in [-0.05, 0) is 37.0 Å². The van der Waals surface area contributed by atoms with Crippen LogP contribution in [0.15, 0.2) is 0 Å². The lowest BCUT2D eigenvalue weighted by molar-refractivity contribution is -0.158. The maximum Gasteiger partial charge on any atom is 0.321 e. The van der Waals surface area contributed by atoms with Crippen molar-refractivity contribution in [3.63, 3.8) is 0 Å². The minimum atomic E-state index is -0.774. The van der Waals surface area contributed by atoms with Gasteiger partial charge in [0, 0.05) is 12.6 Å². The molecule has 2 aliphatic carbocycles. The predicted octanol–water partition coefficient (Wildman–Crippen LogP) is 1.65. The van der Waals surface area contributed by atoms with E-state index in [0.29, 0.717) is 36.8 Å². The second-order valence-electron chi connectivity index (χ2n) is 9.72. The molecule has 3 aliphatic rings. The Morgan fingerprint density at radius 2 is 1.87 bits per heavy atom. The van der Waals surface area contributed by atoms with Gasteiger partial charge in [-0.15, -0.1) is 0 Å². The van der Waals surface area contributed by atoms with Gasteiger partial charge in [-0.25, -0.2) is 9.86 Å². The molecular formula is C21H34N4O5. The average Bonchev–Trinajstić information content (AvgIpc) is 3.22. The molecular weight excluding hydrogens is 388 g/mol. The summed E-state index contributed by atoms with van der Waals surface area (Å²) >= 11 is 0. The summed E-state index contributed by atoms with van der Waals surface area (Å²) in [5.41, 5.74) is -0.485. The van der Waals surface area contributed by atoms with Crippen LogP contribution in [0.3, 0.4) is 0 Å². The van der Waals surface area contributed by atoms with Gasteiger partial charge in [-0.3, -0.25) is 24.9 Å². The smallest absolute Gasteiger partial charge is 0.321 e. The molecule has 3 fully saturated rings. The zero-order chi connectivity index (χ0) is 21.9. The molecule has 9 nitrogen and oxygen atoms in total. The van der Waals surface area contributed by atoms with Crippen molar-refractivity contribution in [3.8, 4) is 0 Å². The average molecular weight is 423 g/mol. The molecule has 1 aliphatic heterocycles. The Kier molecular flexibility index (Phi) is 7.00. The van der Waals surface area contributed by atoms with E-state index in [2.05, 4.69) is 10.6 Å². The second-order valence-corrected chi connectivity index (χ2v) is 9.72. The zero-order valence-corrected chi connectivity index (χ0v) is 17.9. The maximum absolute atomic E-state index is 13.5. The second kappa shape index (κ2) is 9.32. The molecule has 3 N–H and O–H groups in total. The predicted molar refractivity (Wildman–Crippen MR) is 108 cm³/mol. The fourth-order valence-electron chi connectivity index (χ4n) is 4.86. The number of hydroxylamine groups is 2. The van der Waals surface area contributed by atoms with Gasteiger partial charge in [-0.2, -0.15) is 0 Å². The van der Waals surface area contributed by atoms with E-state index in [1.807, 2.05) is 13.8 Å². The highest BCUT2D eigenvalue weighted by molar-refractivity contribution is 5.99. The number of urea groups is 1. The van der Waals surface area contributed by atoms with E-state index in [9.17, 15) is 24.4 Å². The number of carbonyl (C=O) groups is 4. The summed E-state index contributed by atoms with van der Waals surface area (Å²) in [5, 5.41) is 15.4. The molecule has 0 spiro atoms. The molecule has 9 heteroatoms. The van der Waals surface area contributed by atoms with Crippen LogP contribution in [-0.4, -0.2) is 64.6 Å². The van der Waals surface area contributed by atoms with E-state index < -0.39 is 29.3 Å².